The number of fused-ring (bicyclic) bond motifs is 2. The van der Waals surface area contributed by atoms with E-state index in [0.29, 0.717) is 17.2 Å². The van der Waals surface area contributed by atoms with Gasteiger partial charge in [0.1, 0.15) is 11.3 Å². The minimum Gasteiger partial charge on any atom is -0.374 e. The fraction of sp³-hybridized carbons (Fsp3) is 0.556. The van der Waals surface area contributed by atoms with Crippen molar-refractivity contribution in [1.82, 2.24) is 9.97 Å². The van der Waals surface area contributed by atoms with Gasteiger partial charge in [0.05, 0.1) is 24.9 Å². The van der Waals surface area contributed by atoms with E-state index in [2.05, 4.69) is 14.9 Å². The van der Waals surface area contributed by atoms with Gasteiger partial charge in [0.2, 0.25) is 0 Å². The highest BCUT2D eigenvalue weighted by Gasteiger charge is 2.40. The van der Waals surface area contributed by atoms with Crippen molar-refractivity contribution >= 4 is 17.4 Å². The van der Waals surface area contributed by atoms with Gasteiger partial charge in [0, 0.05) is 6.54 Å². The smallest absolute Gasteiger partial charge is 0.151 e. The van der Waals surface area contributed by atoms with Crippen molar-refractivity contribution in [3.05, 3.63) is 17.5 Å². The molecule has 2 atom stereocenters. The van der Waals surface area contributed by atoms with E-state index in [0.717, 1.165) is 25.4 Å². The van der Waals surface area contributed by atoms with Gasteiger partial charge in [0.15, 0.2) is 5.82 Å². The van der Waals surface area contributed by atoms with Crippen molar-refractivity contribution in [2.24, 2.45) is 0 Å². The lowest BCUT2D eigenvalue weighted by molar-refractivity contribution is 0.0989. The van der Waals surface area contributed by atoms with Crippen LogP contribution in [0.4, 0.5) is 5.82 Å². The molecule has 0 spiro atoms. The van der Waals surface area contributed by atoms with E-state index in [-0.39, 0.29) is 0 Å². The van der Waals surface area contributed by atoms with Gasteiger partial charge in [-0.05, 0) is 6.42 Å². The number of halogens is 1. The second kappa shape index (κ2) is 3.07. The van der Waals surface area contributed by atoms with Gasteiger partial charge in [-0.1, -0.05) is 11.6 Å². The molecule has 2 bridgehead atoms. The summed E-state index contributed by atoms with van der Waals surface area (Å²) in [5, 5.41) is 0.625. The van der Waals surface area contributed by atoms with Gasteiger partial charge in [-0.25, -0.2) is 9.97 Å². The van der Waals surface area contributed by atoms with Crippen LogP contribution in [0.3, 0.4) is 0 Å². The third-order valence-corrected chi connectivity index (χ3v) is 3.09. The number of aromatic nitrogens is 2. The third kappa shape index (κ3) is 1.18. The first-order valence-corrected chi connectivity index (χ1v) is 5.06. The first kappa shape index (κ1) is 8.44. The van der Waals surface area contributed by atoms with Gasteiger partial charge in [-0.2, -0.15) is 0 Å². The molecule has 3 rings (SSSR count). The highest BCUT2D eigenvalue weighted by Crippen LogP contribution is 2.34. The molecule has 5 heteroatoms. The molecule has 0 saturated carbocycles. The molecule has 0 N–H and O–H groups in total. The van der Waals surface area contributed by atoms with Crippen LogP contribution in [-0.4, -0.2) is 35.3 Å². The summed E-state index contributed by atoms with van der Waals surface area (Å²) in [7, 11) is 0. The highest BCUT2D eigenvalue weighted by molar-refractivity contribution is 6.32. The van der Waals surface area contributed by atoms with Gasteiger partial charge < -0.3 is 9.64 Å². The molecule has 2 aliphatic rings. The second-order valence-corrected chi connectivity index (χ2v) is 4.10. The molecule has 0 aliphatic carbocycles. The molecule has 3 heterocycles. The zero-order valence-corrected chi connectivity index (χ0v) is 8.31. The third-order valence-electron chi connectivity index (χ3n) is 2.82. The quantitative estimate of drug-likeness (QED) is 0.698. The van der Waals surface area contributed by atoms with E-state index in [1.165, 1.54) is 6.33 Å². The lowest BCUT2D eigenvalue weighted by Gasteiger charge is -2.28. The van der Waals surface area contributed by atoms with Crippen molar-refractivity contribution in [1.29, 1.82) is 0 Å². The van der Waals surface area contributed by atoms with Gasteiger partial charge >= 0.3 is 0 Å². The molecular formula is C9H10ClN3O. The number of hydrogen-bond donors (Lipinski definition) is 0. The van der Waals surface area contributed by atoms with Gasteiger partial charge in [0.25, 0.3) is 0 Å². The molecule has 0 amide bonds. The number of ether oxygens (including phenoxy) is 1. The first-order valence-electron chi connectivity index (χ1n) is 4.68. The van der Waals surface area contributed by atoms with Crippen molar-refractivity contribution in [2.45, 2.75) is 18.6 Å². The maximum absolute atomic E-state index is 6.03. The Bertz CT molecular complexity index is 360. The standard InChI is InChI=1S/C9H10ClN3O/c10-8-2-11-5-12-9(8)13-3-7-1-6(13)4-14-7/h2,5-7H,1,3-4H2/t6-,7-/m0/s1. The Hall–Kier alpha value is -0.870. The number of morpholine rings is 1. The van der Waals surface area contributed by atoms with Crippen LogP contribution in [0.25, 0.3) is 0 Å². The van der Waals surface area contributed by atoms with Crippen molar-refractivity contribution < 1.29 is 4.74 Å². The van der Waals surface area contributed by atoms with E-state index in [1.54, 1.807) is 6.20 Å². The second-order valence-electron chi connectivity index (χ2n) is 3.69. The van der Waals surface area contributed by atoms with Crippen molar-refractivity contribution in [2.75, 3.05) is 18.1 Å². The molecule has 0 radical (unpaired) electrons. The summed E-state index contributed by atoms with van der Waals surface area (Å²) >= 11 is 6.03. The summed E-state index contributed by atoms with van der Waals surface area (Å²) in [5.74, 6) is 0.845. The topological polar surface area (TPSA) is 38.2 Å². The maximum atomic E-state index is 6.03. The Balaban J connectivity index is 1.93. The molecule has 14 heavy (non-hydrogen) atoms. The van der Waals surface area contributed by atoms with Crippen LogP contribution in [0.2, 0.25) is 5.02 Å². The predicted molar refractivity (Wildman–Crippen MR) is 52.5 cm³/mol. The van der Waals surface area contributed by atoms with E-state index in [9.17, 15) is 0 Å². The zero-order valence-electron chi connectivity index (χ0n) is 7.56. The number of anilines is 1. The normalized spacial score (nSPS) is 29.9. The minimum absolute atomic E-state index is 0.367. The summed E-state index contributed by atoms with van der Waals surface area (Å²) in [4.78, 5) is 10.3. The first-order chi connectivity index (χ1) is 6.84. The fourth-order valence-corrected chi connectivity index (χ4v) is 2.39. The SMILES string of the molecule is Clc1cncnc1N1C[C@@H]2C[C@H]1CO2. The summed E-state index contributed by atoms with van der Waals surface area (Å²) < 4.78 is 5.52. The van der Waals surface area contributed by atoms with Crippen LogP contribution in [0.1, 0.15) is 6.42 Å². The van der Waals surface area contributed by atoms with Gasteiger partial charge in [-0.3, -0.25) is 0 Å². The van der Waals surface area contributed by atoms with E-state index in [1.807, 2.05) is 0 Å². The molecule has 2 saturated heterocycles. The molecule has 0 unspecified atom stereocenters. The molecule has 2 fully saturated rings. The van der Waals surface area contributed by atoms with Crippen LogP contribution in [0.5, 0.6) is 0 Å². The van der Waals surface area contributed by atoms with Crippen LogP contribution in [-0.2, 0) is 4.74 Å². The van der Waals surface area contributed by atoms with Crippen LogP contribution < -0.4 is 4.90 Å². The van der Waals surface area contributed by atoms with Crippen LogP contribution >= 0.6 is 11.6 Å². The molecular weight excluding hydrogens is 202 g/mol. The van der Waals surface area contributed by atoms with E-state index in [4.69, 9.17) is 16.3 Å². The van der Waals surface area contributed by atoms with Crippen molar-refractivity contribution in [3.8, 4) is 0 Å². The monoisotopic (exact) mass is 211 g/mol. The molecule has 4 nitrogen and oxygen atoms in total. The van der Waals surface area contributed by atoms with Gasteiger partial charge in [-0.15, -0.1) is 0 Å². The molecule has 1 aromatic rings. The number of hydrogen-bond acceptors (Lipinski definition) is 4. The maximum Gasteiger partial charge on any atom is 0.151 e. The summed E-state index contributed by atoms with van der Waals surface area (Å²) in [6.07, 6.45) is 4.64. The lowest BCUT2D eigenvalue weighted by atomic mass is 10.2. The minimum atomic E-state index is 0.367. The molecule has 0 aromatic carbocycles. The highest BCUT2D eigenvalue weighted by atomic mass is 35.5. The Kier molecular flexibility index (Phi) is 1.85. The lowest BCUT2D eigenvalue weighted by Crippen LogP contribution is -2.37. The fourth-order valence-electron chi connectivity index (χ4n) is 2.18. The van der Waals surface area contributed by atoms with Crippen LogP contribution in [0, 0.1) is 0 Å². The molecule has 74 valence electrons. The van der Waals surface area contributed by atoms with Crippen molar-refractivity contribution in [3.63, 3.8) is 0 Å². The Morgan fingerprint density at radius 3 is 3.14 bits per heavy atom. The largest absolute Gasteiger partial charge is 0.374 e. The number of rotatable bonds is 1. The summed E-state index contributed by atoms with van der Waals surface area (Å²) in [6, 6.07) is 0.451. The predicted octanol–water partition coefficient (Wildman–Crippen LogP) is 1.11. The molecule has 1 aromatic heterocycles. The Morgan fingerprint density at radius 1 is 1.57 bits per heavy atom. The average Bonchev–Trinajstić information content (AvgIpc) is 2.79. The van der Waals surface area contributed by atoms with E-state index < -0.39 is 0 Å². The van der Waals surface area contributed by atoms with E-state index >= 15 is 0 Å². The summed E-state index contributed by atoms with van der Waals surface area (Å²) in [5.41, 5.74) is 0. The number of nitrogens with zero attached hydrogens (tertiary/aromatic N) is 3. The van der Waals surface area contributed by atoms with Crippen LogP contribution in [0.15, 0.2) is 12.5 Å². The Morgan fingerprint density at radius 2 is 2.50 bits per heavy atom. The molecule has 2 aliphatic heterocycles. The Labute approximate surface area is 86.9 Å². The zero-order chi connectivity index (χ0) is 9.54. The summed E-state index contributed by atoms with van der Waals surface area (Å²) in [6.45, 7) is 1.70. The average molecular weight is 212 g/mol.